The summed E-state index contributed by atoms with van der Waals surface area (Å²) in [5.74, 6) is -0.676. The van der Waals surface area contributed by atoms with Crippen LogP contribution < -0.4 is 0 Å². The molecular formula is C18H20ClNO3S. The molecule has 0 aliphatic carbocycles. The van der Waals surface area contributed by atoms with E-state index in [1.807, 2.05) is 30.3 Å². The first-order chi connectivity index (χ1) is 11.3. The highest BCUT2D eigenvalue weighted by atomic mass is 35.5. The Balaban J connectivity index is 2.09. The van der Waals surface area contributed by atoms with E-state index in [2.05, 4.69) is 0 Å². The first kappa shape index (κ1) is 18.5. The topological polar surface area (TPSA) is 54.5 Å². The summed E-state index contributed by atoms with van der Waals surface area (Å²) in [6, 6.07) is 16.2. The number of rotatable bonds is 6. The highest BCUT2D eigenvalue weighted by Gasteiger charge is 2.30. The number of nitrogens with zero attached hydrogens (tertiary/aromatic N) is 1. The molecule has 0 aromatic heterocycles. The van der Waals surface area contributed by atoms with Crippen molar-refractivity contribution in [3.8, 4) is 0 Å². The van der Waals surface area contributed by atoms with Gasteiger partial charge in [0.25, 0.3) is 0 Å². The van der Waals surface area contributed by atoms with Crippen LogP contribution in [0.15, 0.2) is 54.6 Å². The van der Waals surface area contributed by atoms with Crippen LogP contribution in [-0.2, 0) is 26.9 Å². The van der Waals surface area contributed by atoms with Crippen LogP contribution in [0, 0.1) is 0 Å². The Bertz CT molecular complexity index is 806. The van der Waals surface area contributed by atoms with Crippen molar-refractivity contribution in [2.24, 2.45) is 0 Å². The molecule has 1 amide bonds. The Morgan fingerprint density at radius 3 is 2.29 bits per heavy atom. The number of amides is 1. The van der Waals surface area contributed by atoms with Crippen LogP contribution in [0.1, 0.15) is 18.1 Å². The maximum atomic E-state index is 12.5. The molecule has 0 radical (unpaired) electrons. The molecule has 24 heavy (non-hydrogen) atoms. The van der Waals surface area contributed by atoms with Crippen molar-refractivity contribution in [2.45, 2.75) is 24.5 Å². The van der Waals surface area contributed by atoms with Gasteiger partial charge in [-0.1, -0.05) is 60.1 Å². The van der Waals surface area contributed by atoms with Crippen LogP contribution in [0.25, 0.3) is 0 Å². The molecule has 2 aromatic rings. The van der Waals surface area contributed by atoms with E-state index < -0.39 is 21.0 Å². The lowest BCUT2D eigenvalue weighted by molar-refractivity contribution is -0.129. The molecule has 0 heterocycles. The van der Waals surface area contributed by atoms with E-state index in [1.54, 1.807) is 31.3 Å². The van der Waals surface area contributed by atoms with Crippen molar-refractivity contribution in [1.29, 1.82) is 0 Å². The largest absolute Gasteiger partial charge is 0.340 e. The third-order valence-corrected chi connectivity index (χ3v) is 6.20. The monoisotopic (exact) mass is 365 g/mol. The van der Waals surface area contributed by atoms with E-state index >= 15 is 0 Å². The van der Waals surface area contributed by atoms with Gasteiger partial charge < -0.3 is 4.90 Å². The predicted molar refractivity (Wildman–Crippen MR) is 96.5 cm³/mol. The van der Waals surface area contributed by atoms with Crippen LogP contribution in [0.2, 0.25) is 5.02 Å². The Kier molecular flexibility index (Phi) is 6.02. The Morgan fingerprint density at radius 1 is 1.08 bits per heavy atom. The van der Waals surface area contributed by atoms with Gasteiger partial charge in [0.1, 0.15) is 5.25 Å². The van der Waals surface area contributed by atoms with Crippen molar-refractivity contribution in [3.05, 3.63) is 70.7 Å². The van der Waals surface area contributed by atoms with Gasteiger partial charge in [0, 0.05) is 18.6 Å². The maximum Gasteiger partial charge on any atom is 0.240 e. The number of hydrogen-bond acceptors (Lipinski definition) is 3. The molecule has 0 aliphatic heterocycles. The summed E-state index contributed by atoms with van der Waals surface area (Å²) in [5.41, 5.74) is 1.45. The summed E-state index contributed by atoms with van der Waals surface area (Å²) >= 11 is 6.02. The number of benzene rings is 2. The van der Waals surface area contributed by atoms with Crippen molar-refractivity contribution >= 4 is 27.3 Å². The first-order valence-corrected chi connectivity index (χ1v) is 9.64. The van der Waals surface area contributed by atoms with Gasteiger partial charge in [-0.3, -0.25) is 4.79 Å². The highest BCUT2D eigenvalue weighted by molar-refractivity contribution is 7.92. The number of hydrogen-bond donors (Lipinski definition) is 0. The zero-order valence-electron chi connectivity index (χ0n) is 13.6. The first-order valence-electron chi connectivity index (χ1n) is 7.55. The van der Waals surface area contributed by atoms with Gasteiger partial charge in [-0.15, -0.1) is 0 Å². The quantitative estimate of drug-likeness (QED) is 0.789. The zero-order valence-corrected chi connectivity index (χ0v) is 15.2. The molecule has 1 unspecified atom stereocenters. The third-order valence-electron chi connectivity index (χ3n) is 3.84. The fraction of sp³-hybridized carbons (Fsp3) is 0.278. The van der Waals surface area contributed by atoms with Crippen LogP contribution in [0.4, 0.5) is 0 Å². The van der Waals surface area contributed by atoms with Gasteiger partial charge in [-0.25, -0.2) is 8.42 Å². The lowest BCUT2D eigenvalue weighted by Crippen LogP contribution is -2.39. The fourth-order valence-electron chi connectivity index (χ4n) is 2.36. The number of carbonyl (C=O) groups excluding carboxylic acids is 1. The van der Waals surface area contributed by atoms with E-state index in [4.69, 9.17) is 11.6 Å². The Morgan fingerprint density at radius 2 is 1.67 bits per heavy atom. The van der Waals surface area contributed by atoms with E-state index in [0.29, 0.717) is 17.1 Å². The smallest absolute Gasteiger partial charge is 0.240 e. The zero-order chi connectivity index (χ0) is 17.7. The van der Waals surface area contributed by atoms with Crippen molar-refractivity contribution in [2.75, 3.05) is 7.05 Å². The van der Waals surface area contributed by atoms with E-state index in [1.165, 1.54) is 11.8 Å². The molecule has 0 spiro atoms. The minimum absolute atomic E-state index is 0.251. The second-order valence-electron chi connectivity index (χ2n) is 5.72. The second-order valence-corrected chi connectivity index (χ2v) is 8.45. The Hall–Kier alpha value is -1.85. The van der Waals surface area contributed by atoms with Gasteiger partial charge in [0.05, 0.1) is 5.75 Å². The highest BCUT2D eigenvalue weighted by Crippen LogP contribution is 2.20. The van der Waals surface area contributed by atoms with Crippen LogP contribution in [0.5, 0.6) is 0 Å². The molecule has 0 bridgehead atoms. The predicted octanol–water partition coefficient (Wildman–Crippen LogP) is 3.30. The molecule has 0 fully saturated rings. The van der Waals surface area contributed by atoms with Crippen molar-refractivity contribution < 1.29 is 13.2 Å². The molecule has 2 aromatic carbocycles. The minimum atomic E-state index is -3.65. The summed E-state index contributed by atoms with van der Waals surface area (Å²) in [4.78, 5) is 13.9. The SMILES string of the molecule is CC(C(=O)N(C)Cc1ccccc1)S(=O)(=O)Cc1ccccc1Cl. The summed E-state index contributed by atoms with van der Waals surface area (Å²) < 4.78 is 25.1. The number of halogens is 1. The van der Waals surface area contributed by atoms with E-state index in [9.17, 15) is 13.2 Å². The lowest BCUT2D eigenvalue weighted by Gasteiger charge is -2.22. The molecule has 0 saturated carbocycles. The van der Waals surface area contributed by atoms with E-state index in [-0.39, 0.29) is 5.75 Å². The average Bonchev–Trinajstić information content (AvgIpc) is 2.56. The van der Waals surface area contributed by atoms with Crippen molar-refractivity contribution in [3.63, 3.8) is 0 Å². The molecule has 1 atom stereocenters. The molecular weight excluding hydrogens is 346 g/mol. The molecule has 4 nitrogen and oxygen atoms in total. The fourth-order valence-corrected chi connectivity index (χ4v) is 4.06. The van der Waals surface area contributed by atoms with Crippen LogP contribution in [0.3, 0.4) is 0 Å². The lowest BCUT2D eigenvalue weighted by atomic mass is 10.2. The Labute approximate surface area is 148 Å². The maximum absolute atomic E-state index is 12.5. The van der Waals surface area contributed by atoms with Gasteiger partial charge >= 0.3 is 0 Å². The van der Waals surface area contributed by atoms with Gasteiger partial charge in [0.2, 0.25) is 5.91 Å². The van der Waals surface area contributed by atoms with Gasteiger partial charge in [-0.2, -0.15) is 0 Å². The normalized spacial score (nSPS) is 12.6. The van der Waals surface area contributed by atoms with Gasteiger partial charge in [-0.05, 0) is 24.1 Å². The number of carbonyl (C=O) groups is 1. The average molecular weight is 366 g/mol. The molecule has 6 heteroatoms. The summed E-state index contributed by atoms with van der Waals surface area (Å²) in [6.07, 6.45) is 0. The summed E-state index contributed by atoms with van der Waals surface area (Å²) in [6.45, 7) is 1.79. The van der Waals surface area contributed by atoms with E-state index in [0.717, 1.165) is 5.56 Å². The standard InChI is InChI=1S/C18H20ClNO3S/c1-14(18(21)20(2)12-15-8-4-3-5-9-15)24(22,23)13-16-10-6-7-11-17(16)19/h3-11,14H,12-13H2,1-2H3. The number of sulfone groups is 1. The second kappa shape index (κ2) is 7.81. The molecule has 0 N–H and O–H groups in total. The van der Waals surface area contributed by atoms with Gasteiger partial charge in [0.15, 0.2) is 9.84 Å². The minimum Gasteiger partial charge on any atom is -0.340 e. The molecule has 2 rings (SSSR count). The third kappa shape index (κ3) is 4.58. The summed E-state index contributed by atoms with van der Waals surface area (Å²) in [7, 11) is -2.04. The van der Waals surface area contributed by atoms with Crippen LogP contribution in [-0.4, -0.2) is 31.5 Å². The molecule has 128 valence electrons. The molecule has 0 saturated heterocycles. The van der Waals surface area contributed by atoms with Crippen molar-refractivity contribution in [1.82, 2.24) is 4.90 Å². The molecule has 0 aliphatic rings. The van der Waals surface area contributed by atoms with Crippen LogP contribution >= 0.6 is 11.6 Å². The summed E-state index contributed by atoms with van der Waals surface area (Å²) in [5, 5.41) is -0.735.